The Morgan fingerprint density at radius 1 is 1.24 bits per heavy atom. The summed E-state index contributed by atoms with van der Waals surface area (Å²) >= 11 is 0. The molecule has 0 aromatic carbocycles. The molecule has 1 N–H and O–H groups in total. The molecule has 1 unspecified atom stereocenters. The molecule has 0 spiro atoms. The lowest BCUT2D eigenvalue weighted by Gasteiger charge is -2.40. The van der Waals surface area contributed by atoms with E-state index in [9.17, 15) is 0 Å². The molecule has 2 heteroatoms. The van der Waals surface area contributed by atoms with E-state index in [1.165, 1.54) is 58.2 Å². The monoisotopic (exact) mass is 238 g/mol. The van der Waals surface area contributed by atoms with Crippen molar-refractivity contribution in [2.24, 2.45) is 11.3 Å². The normalized spacial score (nSPS) is 28.4. The van der Waals surface area contributed by atoms with Crippen molar-refractivity contribution >= 4 is 0 Å². The van der Waals surface area contributed by atoms with Gasteiger partial charge in [0.1, 0.15) is 0 Å². The number of nitrogens with zero attached hydrogens (tertiary/aromatic N) is 1. The first-order valence-corrected chi connectivity index (χ1v) is 7.50. The predicted octanol–water partition coefficient (Wildman–Crippen LogP) is 2.89. The minimum atomic E-state index is 0.534. The lowest BCUT2D eigenvalue weighted by atomic mass is 9.83. The van der Waals surface area contributed by atoms with E-state index in [1.807, 2.05) is 0 Å². The second-order valence-corrected chi connectivity index (χ2v) is 6.94. The van der Waals surface area contributed by atoms with Gasteiger partial charge in [-0.05, 0) is 50.6 Å². The van der Waals surface area contributed by atoms with E-state index in [2.05, 4.69) is 31.1 Å². The molecule has 0 aromatic heterocycles. The Hall–Kier alpha value is -0.0800. The van der Waals surface area contributed by atoms with Crippen LogP contribution in [0.4, 0.5) is 0 Å². The van der Waals surface area contributed by atoms with Crippen LogP contribution in [0.5, 0.6) is 0 Å². The van der Waals surface area contributed by atoms with Crippen LogP contribution < -0.4 is 5.32 Å². The highest BCUT2D eigenvalue weighted by Gasteiger charge is 2.30. The van der Waals surface area contributed by atoms with Crippen LogP contribution in [0.15, 0.2) is 0 Å². The third-order valence-corrected chi connectivity index (χ3v) is 4.77. The largest absolute Gasteiger partial charge is 0.315 e. The first-order valence-electron chi connectivity index (χ1n) is 7.50. The van der Waals surface area contributed by atoms with Crippen molar-refractivity contribution in [2.45, 2.75) is 58.4 Å². The summed E-state index contributed by atoms with van der Waals surface area (Å²) in [5.74, 6) is 0.935. The van der Waals surface area contributed by atoms with Crippen LogP contribution in [0.25, 0.3) is 0 Å². The van der Waals surface area contributed by atoms with E-state index in [0.29, 0.717) is 5.41 Å². The number of hydrogen-bond donors (Lipinski definition) is 1. The zero-order valence-electron chi connectivity index (χ0n) is 12.0. The fraction of sp³-hybridized carbons (Fsp3) is 1.00. The summed E-state index contributed by atoms with van der Waals surface area (Å²) in [6, 6.07) is 0.728. The summed E-state index contributed by atoms with van der Waals surface area (Å²) in [6.45, 7) is 8.71. The van der Waals surface area contributed by atoms with Gasteiger partial charge in [0.15, 0.2) is 0 Å². The molecule has 1 heterocycles. The number of nitrogens with one attached hydrogen (secondary N) is 1. The van der Waals surface area contributed by atoms with E-state index in [-0.39, 0.29) is 0 Å². The summed E-state index contributed by atoms with van der Waals surface area (Å²) < 4.78 is 0. The molecule has 1 atom stereocenters. The highest BCUT2D eigenvalue weighted by molar-refractivity contribution is 4.86. The van der Waals surface area contributed by atoms with E-state index in [0.717, 1.165) is 12.0 Å². The lowest BCUT2D eigenvalue weighted by Crippen LogP contribution is -2.48. The molecule has 1 saturated heterocycles. The average molecular weight is 238 g/mol. The Morgan fingerprint density at radius 2 is 1.94 bits per heavy atom. The maximum atomic E-state index is 3.58. The van der Waals surface area contributed by atoms with E-state index >= 15 is 0 Å². The quantitative estimate of drug-likeness (QED) is 0.810. The fourth-order valence-corrected chi connectivity index (χ4v) is 3.81. The third kappa shape index (κ3) is 3.69. The van der Waals surface area contributed by atoms with Crippen LogP contribution in [0, 0.1) is 11.3 Å². The van der Waals surface area contributed by atoms with Gasteiger partial charge in [-0.25, -0.2) is 0 Å². The van der Waals surface area contributed by atoms with Crippen LogP contribution in [0.1, 0.15) is 52.4 Å². The zero-order chi connectivity index (χ0) is 12.3. The fourth-order valence-electron chi connectivity index (χ4n) is 3.81. The third-order valence-electron chi connectivity index (χ3n) is 4.77. The number of piperidine rings is 1. The summed E-state index contributed by atoms with van der Waals surface area (Å²) in [4.78, 5) is 2.70. The molecule has 0 radical (unpaired) electrons. The molecular formula is C15H30N2. The van der Waals surface area contributed by atoms with Crippen molar-refractivity contribution < 1.29 is 0 Å². The topological polar surface area (TPSA) is 15.3 Å². The van der Waals surface area contributed by atoms with Crippen molar-refractivity contribution in [2.75, 3.05) is 26.7 Å². The standard InChI is InChI=1S/C15H30N2/c1-15(2)9-6-10-17(12-15)11-14(16-3)13-7-4-5-8-13/h13-14,16H,4-12H2,1-3H3. The second kappa shape index (κ2) is 5.71. The number of likely N-dealkylation sites (tertiary alicyclic amines) is 1. The Morgan fingerprint density at radius 3 is 2.53 bits per heavy atom. The van der Waals surface area contributed by atoms with Crippen LogP contribution in [-0.4, -0.2) is 37.6 Å². The molecule has 1 saturated carbocycles. The number of hydrogen-bond acceptors (Lipinski definition) is 2. The van der Waals surface area contributed by atoms with Crippen LogP contribution in [0.3, 0.4) is 0 Å². The molecule has 2 aliphatic rings. The maximum absolute atomic E-state index is 3.58. The van der Waals surface area contributed by atoms with Crippen LogP contribution >= 0.6 is 0 Å². The first kappa shape index (κ1) is 13.4. The molecule has 0 amide bonds. The first-order chi connectivity index (χ1) is 8.11. The van der Waals surface area contributed by atoms with Crippen molar-refractivity contribution in [3.8, 4) is 0 Å². The Labute approximate surface area is 107 Å². The second-order valence-electron chi connectivity index (χ2n) is 6.94. The highest BCUT2D eigenvalue weighted by atomic mass is 15.2. The van der Waals surface area contributed by atoms with Crippen molar-refractivity contribution in [1.29, 1.82) is 0 Å². The van der Waals surface area contributed by atoms with Gasteiger partial charge in [0.25, 0.3) is 0 Å². The SMILES string of the molecule is CNC(CN1CCCC(C)(C)C1)C1CCCC1. The molecule has 2 nitrogen and oxygen atoms in total. The molecular weight excluding hydrogens is 208 g/mol. The van der Waals surface area contributed by atoms with Gasteiger partial charge in [0, 0.05) is 19.1 Å². The van der Waals surface area contributed by atoms with E-state index in [4.69, 9.17) is 0 Å². The van der Waals surface area contributed by atoms with Crippen LogP contribution in [0.2, 0.25) is 0 Å². The van der Waals surface area contributed by atoms with Gasteiger partial charge in [-0.1, -0.05) is 26.7 Å². The average Bonchev–Trinajstić information content (AvgIpc) is 2.78. The minimum absolute atomic E-state index is 0.534. The summed E-state index contributed by atoms with van der Waals surface area (Å²) in [5.41, 5.74) is 0.534. The number of rotatable bonds is 4. The lowest BCUT2D eigenvalue weighted by molar-refractivity contribution is 0.0998. The summed E-state index contributed by atoms with van der Waals surface area (Å²) in [5, 5.41) is 3.58. The van der Waals surface area contributed by atoms with Crippen molar-refractivity contribution in [1.82, 2.24) is 10.2 Å². The van der Waals surface area contributed by atoms with Gasteiger partial charge in [-0.2, -0.15) is 0 Å². The molecule has 0 bridgehead atoms. The predicted molar refractivity (Wildman–Crippen MR) is 74.3 cm³/mol. The van der Waals surface area contributed by atoms with Crippen molar-refractivity contribution in [3.05, 3.63) is 0 Å². The maximum Gasteiger partial charge on any atom is 0.0220 e. The molecule has 1 aliphatic heterocycles. The molecule has 2 fully saturated rings. The van der Waals surface area contributed by atoms with E-state index in [1.54, 1.807) is 0 Å². The Kier molecular flexibility index (Phi) is 4.48. The van der Waals surface area contributed by atoms with Gasteiger partial charge < -0.3 is 10.2 Å². The highest BCUT2D eigenvalue weighted by Crippen LogP contribution is 2.31. The zero-order valence-corrected chi connectivity index (χ0v) is 12.0. The van der Waals surface area contributed by atoms with Crippen molar-refractivity contribution in [3.63, 3.8) is 0 Å². The van der Waals surface area contributed by atoms with Gasteiger partial charge in [0.05, 0.1) is 0 Å². The Bertz CT molecular complexity index is 231. The molecule has 17 heavy (non-hydrogen) atoms. The summed E-state index contributed by atoms with van der Waals surface area (Å²) in [6.07, 6.45) is 8.58. The van der Waals surface area contributed by atoms with Gasteiger partial charge in [0.2, 0.25) is 0 Å². The van der Waals surface area contributed by atoms with Gasteiger partial charge in [-0.3, -0.25) is 0 Å². The molecule has 2 rings (SSSR count). The Balaban J connectivity index is 1.85. The van der Waals surface area contributed by atoms with E-state index < -0.39 is 0 Å². The van der Waals surface area contributed by atoms with Gasteiger partial charge in [-0.15, -0.1) is 0 Å². The minimum Gasteiger partial charge on any atom is -0.315 e. The number of likely N-dealkylation sites (N-methyl/N-ethyl adjacent to an activating group) is 1. The molecule has 0 aromatic rings. The summed E-state index contributed by atoms with van der Waals surface area (Å²) in [7, 11) is 2.15. The molecule has 100 valence electrons. The smallest absolute Gasteiger partial charge is 0.0220 e. The van der Waals surface area contributed by atoms with Gasteiger partial charge >= 0.3 is 0 Å². The molecule has 1 aliphatic carbocycles. The van der Waals surface area contributed by atoms with Crippen LogP contribution in [-0.2, 0) is 0 Å².